The van der Waals surface area contributed by atoms with E-state index < -0.39 is 0 Å². The molecule has 1 atom stereocenters. The van der Waals surface area contributed by atoms with E-state index in [0.717, 1.165) is 5.56 Å². The molecular weight excluding hydrogens is 213 g/mol. The highest BCUT2D eigenvalue weighted by molar-refractivity contribution is 6.31. The van der Waals surface area contributed by atoms with Crippen LogP contribution in [0.15, 0.2) is 18.2 Å². The van der Waals surface area contributed by atoms with Crippen molar-refractivity contribution >= 4 is 11.6 Å². The second-order valence-electron chi connectivity index (χ2n) is 4.89. The summed E-state index contributed by atoms with van der Waals surface area (Å²) < 4.78 is 13.2. The summed E-state index contributed by atoms with van der Waals surface area (Å²) in [4.78, 5) is 0. The van der Waals surface area contributed by atoms with Gasteiger partial charge in [0, 0.05) is 6.04 Å². The van der Waals surface area contributed by atoms with Crippen molar-refractivity contribution in [1.82, 2.24) is 0 Å². The summed E-state index contributed by atoms with van der Waals surface area (Å²) in [5, 5.41) is 0.192. The van der Waals surface area contributed by atoms with Gasteiger partial charge in [0.05, 0.1) is 5.02 Å². The van der Waals surface area contributed by atoms with Crippen LogP contribution < -0.4 is 5.73 Å². The van der Waals surface area contributed by atoms with E-state index in [4.69, 9.17) is 17.3 Å². The van der Waals surface area contributed by atoms with Crippen LogP contribution in [0.3, 0.4) is 0 Å². The lowest BCUT2D eigenvalue weighted by Gasteiger charge is -2.27. The molecule has 0 radical (unpaired) electrons. The van der Waals surface area contributed by atoms with Gasteiger partial charge >= 0.3 is 0 Å². The van der Waals surface area contributed by atoms with Gasteiger partial charge in [-0.25, -0.2) is 4.39 Å². The molecule has 0 fully saturated rings. The molecule has 2 N–H and O–H groups in total. The van der Waals surface area contributed by atoms with Crippen molar-refractivity contribution in [2.45, 2.75) is 33.2 Å². The van der Waals surface area contributed by atoms with Gasteiger partial charge in [-0.3, -0.25) is 0 Å². The maximum atomic E-state index is 13.2. The summed E-state index contributed by atoms with van der Waals surface area (Å²) in [7, 11) is 0. The second kappa shape index (κ2) is 4.50. The molecular formula is C12H17ClFN. The van der Waals surface area contributed by atoms with Crippen LogP contribution in [0.4, 0.5) is 4.39 Å². The van der Waals surface area contributed by atoms with E-state index in [9.17, 15) is 4.39 Å². The third-order valence-electron chi connectivity index (χ3n) is 2.58. The Morgan fingerprint density at radius 1 is 1.40 bits per heavy atom. The Bertz CT molecular complexity index is 344. The fourth-order valence-corrected chi connectivity index (χ4v) is 1.45. The number of hydrogen-bond acceptors (Lipinski definition) is 1. The number of rotatable bonds is 2. The van der Waals surface area contributed by atoms with Crippen LogP contribution in [0, 0.1) is 11.2 Å². The summed E-state index contributed by atoms with van der Waals surface area (Å²) in [6, 6.07) is 4.80. The van der Waals surface area contributed by atoms with Crippen LogP contribution in [0.1, 0.15) is 26.3 Å². The molecule has 1 nitrogen and oxygen atoms in total. The van der Waals surface area contributed by atoms with Gasteiger partial charge in [-0.15, -0.1) is 0 Å². The zero-order valence-electron chi connectivity index (χ0n) is 9.35. The normalized spacial score (nSPS) is 14.0. The molecule has 0 aliphatic carbocycles. The Balaban J connectivity index is 2.86. The van der Waals surface area contributed by atoms with Crippen LogP contribution in [0.25, 0.3) is 0 Å². The van der Waals surface area contributed by atoms with Gasteiger partial charge in [-0.05, 0) is 23.5 Å². The van der Waals surface area contributed by atoms with Gasteiger partial charge < -0.3 is 5.73 Å². The molecule has 0 saturated heterocycles. The molecule has 0 aromatic heterocycles. The molecule has 0 amide bonds. The van der Waals surface area contributed by atoms with Crippen molar-refractivity contribution in [3.63, 3.8) is 0 Å². The first-order valence-electron chi connectivity index (χ1n) is 5.01. The van der Waals surface area contributed by atoms with Crippen LogP contribution in [0.5, 0.6) is 0 Å². The average Bonchev–Trinajstić information content (AvgIpc) is 2.11. The topological polar surface area (TPSA) is 26.0 Å². The van der Waals surface area contributed by atoms with Gasteiger partial charge in [0.1, 0.15) is 5.82 Å². The monoisotopic (exact) mass is 229 g/mol. The first-order chi connectivity index (χ1) is 6.82. The van der Waals surface area contributed by atoms with Crippen molar-refractivity contribution in [1.29, 1.82) is 0 Å². The van der Waals surface area contributed by atoms with Crippen molar-refractivity contribution in [2.24, 2.45) is 11.1 Å². The van der Waals surface area contributed by atoms with E-state index in [1.807, 2.05) is 6.07 Å². The lowest BCUT2D eigenvalue weighted by atomic mass is 9.84. The largest absolute Gasteiger partial charge is 0.327 e. The molecule has 15 heavy (non-hydrogen) atoms. The van der Waals surface area contributed by atoms with Gasteiger partial charge in [-0.1, -0.05) is 44.5 Å². The first-order valence-corrected chi connectivity index (χ1v) is 5.38. The summed E-state index contributed by atoms with van der Waals surface area (Å²) >= 11 is 5.86. The highest BCUT2D eigenvalue weighted by Gasteiger charge is 2.22. The minimum Gasteiger partial charge on any atom is -0.327 e. The van der Waals surface area contributed by atoms with Crippen molar-refractivity contribution < 1.29 is 4.39 Å². The maximum absolute atomic E-state index is 13.2. The van der Waals surface area contributed by atoms with Gasteiger partial charge in [-0.2, -0.15) is 0 Å². The van der Waals surface area contributed by atoms with Gasteiger partial charge in [0.2, 0.25) is 0 Å². The van der Waals surface area contributed by atoms with E-state index in [-0.39, 0.29) is 22.3 Å². The third kappa shape index (κ3) is 3.18. The Labute approximate surface area is 95.4 Å². The second-order valence-corrected chi connectivity index (χ2v) is 5.27. The summed E-state index contributed by atoms with van der Waals surface area (Å²) in [5.41, 5.74) is 6.79. The summed E-state index contributed by atoms with van der Waals surface area (Å²) in [5.74, 6) is -0.379. The Morgan fingerprint density at radius 2 is 2.00 bits per heavy atom. The smallest absolute Gasteiger partial charge is 0.142 e. The van der Waals surface area contributed by atoms with E-state index in [0.29, 0.717) is 6.42 Å². The maximum Gasteiger partial charge on any atom is 0.142 e. The average molecular weight is 230 g/mol. The molecule has 0 spiro atoms. The van der Waals surface area contributed by atoms with Crippen molar-refractivity contribution in [3.8, 4) is 0 Å². The van der Waals surface area contributed by atoms with Crippen LogP contribution in [0.2, 0.25) is 5.02 Å². The minimum atomic E-state index is -0.379. The number of nitrogens with two attached hydrogens (primary N) is 1. The molecule has 1 aromatic rings. The summed E-state index contributed by atoms with van der Waals surface area (Å²) in [6.07, 6.45) is 0.597. The number of halogens is 2. The molecule has 1 aromatic carbocycles. The van der Waals surface area contributed by atoms with Gasteiger partial charge in [0.25, 0.3) is 0 Å². The highest BCUT2D eigenvalue weighted by Crippen LogP contribution is 2.25. The van der Waals surface area contributed by atoms with Crippen molar-refractivity contribution in [3.05, 3.63) is 34.6 Å². The van der Waals surface area contributed by atoms with Gasteiger partial charge in [0.15, 0.2) is 0 Å². The Hall–Kier alpha value is -0.600. The number of benzene rings is 1. The van der Waals surface area contributed by atoms with Crippen LogP contribution in [-0.2, 0) is 6.42 Å². The fourth-order valence-electron chi connectivity index (χ4n) is 1.25. The third-order valence-corrected chi connectivity index (χ3v) is 3.01. The SMILES string of the molecule is CC(C)(C)C(N)Cc1cccc(F)c1Cl. The Morgan fingerprint density at radius 3 is 2.53 bits per heavy atom. The quantitative estimate of drug-likeness (QED) is 0.827. The van der Waals surface area contributed by atoms with Crippen LogP contribution >= 0.6 is 11.6 Å². The molecule has 84 valence electrons. The predicted octanol–water partition coefficient (Wildman–Crippen LogP) is 3.40. The van der Waals surface area contributed by atoms with E-state index in [2.05, 4.69) is 20.8 Å². The molecule has 0 aliphatic rings. The van der Waals surface area contributed by atoms with E-state index in [1.165, 1.54) is 6.07 Å². The van der Waals surface area contributed by atoms with Crippen molar-refractivity contribution in [2.75, 3.05) is 0 Å². The fraction of sp³-hybridized carbons (Fsp3) is 0.500. The number of hydrogen-bond donors (Lipinski definition) is 1. The molecule has 1 rings (SSSR count). The molecule has 1 unspecified atom stereocenters. The highest BCUT2D eigenvalue weighted by atomic mass is 35.5. The minimum absolute atomic E-state index is 0.00432. The lowest BCUT2D eigenvalue weighted by molar-refractivity contribution is 0.318. The molecule has 3 heteroatoms. The molecule has 0 aliphatic heterocycles. The van der Waals surface area contributed by atoms with Crippen LogP contribution in [-0.4, -0.2) is 6.04 Å². The predicted molar refractivity (Wildman–Crippen MR) is 62.5 cm³/mol. The zero-order valence-corrected chi connectivity index (χ0v) is 10.1. The lowest BCUT2D eigenvalue weighted by Crippen LogP contribution is -2.37. The van der Waals surface area contributed by atoms with E-state index >= 15 is 0 Å². The van der Waals surface area contributed by atoms with E-state index in [1.54, 1.807) is 6.07 Å². The summed E-state index contributed by atoms with van der Waals surface area (Å²) in [6.45, 7) is 6.18. The molecule has 0 heterocycles. The first kappa shape index (κ1) is 12.5. The standard InChI is InChI=1S/C12H17ClFN/c1-12(2,3)10(15)7-8-5-4-6-9(14)11(8)13/h4-6,10H,7,15H2,1-3H3. The molecule has 0 bridgehead atoms. The molecule has 0 saturated carbocycles. The zero-order chi connectivity index (χ0) is 11.6. The Kier molecular flexibility index (Phi) is 3.74.